The summed E-state index contributed by atoms with van der Waals surface area (Å²) in [6.07, 6.45) is 5.12. The van der Waals surface area contributed by atoms with Crippen LogP contribution in [0.4, 0.5) is 0 Å². The molecule has 1 aliphatic carbocycles. The van der Waals surface area contributed by atoms with E-state index < -0.39 is 0 Å². The molecule has 2 aromatic heterocycles. The van der Waals surface area contributed by atoms with Gasteiger partial charge in [0.15, 0.2) is 17.2 Å². The fourth-order valence-corrected chi connectivity index (χ4v) is 5.20. The van der Waals surface area contributed by atoms with Crippen molar-refractivity contribution in [3.63, 3.8) is 0 Å². The van der Waals surface area contributed by atoms with Crippen molar-refractivity contribution >= 4 is 33.5 Å². The number of Topliss-reactive ketones (excluding diaryl/α,β-unsaturated/α-hetero) is 1. The molecule has 0 radical (unpaired) electrons. The maximum absolute atomic E-state index is 13.9. The van der Waals surface area contributed by atoms with Crippen molar-refractivity contribution in [1.29, 1.82) is 0 Å². The standard InChI is InChI=1S/C29H29N3O4/c1-18-11-7-9-15-21(18)30-28(34)26-27(36-3)24-25(31(26)2)20-14-8-10-16-22(20)32(29(24)35)17-23(33)19-12-5-4-6-13-19/h4-6,8,10,12-16,18H,7,9,11,17H2,1-3H3,(H,30,34)/t18-/m1/s1. The molecule has 0 spiro atoms. The molecule has 0 aliphatic heterocycles. The number of ether oxygens (including phenoxy) is 1. The normalized spacial score (nSPS) is 15.6. The Hall–Kier alpha value is -4.13. The minimum Gasteiger partial charge on any atom is -0.493 e. The Morgan fingerprint density at radius 3 is 2.53 bits per heavy atom. The van der Waals surface area contributed by atoms with Crippen LogP contribution in [0.15, 0.2) is 71.2 Å². The molecule has 5 rings (SSSR count). The Kier molecular flexibility index (Phi) is 6.22. The van der Waals surface area contributed by atoms with Crippen LogP contribution in [-0.4, -0.2) is 27.9 Å². The first kappa shape index (κ1) is 23.6. The van der Waals surface area contributed by atoms with Crippen molar-refractivity contribution in [1.82, 2.24) is 14.5 Å². The van der Waals surface area contributed by atoms with Crippen LogP contribution in [0.5, 0.6) is 5.75 Å². The van der Waals surface area contributed by atoms with E-state index >= 15 is 0 Å². The number of hydrogen-bond acceptors (Lipinski definition) is 4. The molecular weight excluding hydrogens is 454 g/mol. The van der Waals surface area contributed by atoms with Gasteiger partial charge in [0.25, 0.3) is 11.5 Å². The van der Waals surface area contributed by atoms with Crippen LogP contribution in [0, 0.1) is 5.92 Å². The number of rotatable bonds is 6. The van der Waals surface area contributed by atoms with Gasteiger partial charge in [0.05, 0.1) is 24.7 Å². The van der Waals surface area contributed by atoms with Crippen LogP contribution in [0.25, 0.3) is 21.8 Å². The zero-order valence-electron chi connectivity index (χ0n) is 20.7. The van der Waals surface area contributed by atoms with E-state index in [1.165, 1.54) is 11.7 Å². The number of pyridine rings is 1. The summed E-state index contributed by atoms with van der Waals surface area (Å²) >= 11 is 0. The molecule has 0 bridgehead atoms. The molecule has 0 unspecified atom stereocenters. The van der Waals surface area contributed by atoms with Crippen LogP contribution < -0.4 is 15.6 Å². The van der Waals surface area contributed by atoms with Gasteiger partial charge in [0.1, 0.15) is 5.39 Å². The third kappa shape index (κ3) is 3.90. The Bertz CT molecular complexity index is 1580. The number of nitrogens with one attached hydrogen (secondary N) is 1. The third-order valence-electron chi connectivity index (χ3n) is 7.07. The Balaban J connectivity index is 1.70. The van der Waals surface area contributed by atoms with Crippen LogP contribution in [0.3, 0.4) is 0 Å². The second-order valence-electron chi connectivity index (χ2n) is 9.31. The molecule has 2 heterocycles. The molecule has 184 valence electrons. The van der Waals surface area contributed by atoms with E-state index in [4.69, 9.17) is 4.74 Å². The summed E-state index contributed by atoms with van der Waals surface area (Å²) in [4.78, 5) is 40.5. The van der Waals surface area contributed by atoms with Gasteiger partial charge < -0.3 is 14.6 Å². The van der Waals surface area contributed by atoms with Gasteiger partial charge in [-0.15, -0.1) is 0 Å². The first-order valence-corrected chi connectivity index (χ1v) is 12.2. The lowest BCUT2D eigenvalue weighted by Gasteiger charge is -2.21. The minimum absolute atomic E-state index is 0.122. The number of aryl methyl sites for hydroxylation is 1. The SMILES string of the molecule is COc1c(C(=O)NC2=CCCC[C@H]2C)n(C)c2c1c(=O)n(CC(=O)c1ccccc1)c1ccccc21. The van der Waals surface area contributed by atoms with Gasteiger partial charge in [-0.1, -0.05) is 61.5 Å². The maximum atomic E-state index is 13.9. The summed E-state index contributed by atoms with van der Waals surface area (Å²) < 4.78 is 8.89. The number of amides is 1. The Morgan fingerprint density at radius 1 is 1.08 bits per heavy atom. The highest BCUT2D eigenvalue weighted by atomic mass is 16.5. The van der Waals surface area contributed by atoms with Gasteiger partial charge in [-0.05, 0) is 31.2 Å². The molecule has 1 aliphatic rings. The van der Waals surface area contributed by atoms with Crippen LogP contribution >= 0.6 is 0 Å². The van der Waals surface area contributed by atoms with E-state index in [2.05, 4.69) is 18.3 Å². The number of fused-ring (bicyclic) bond motifs is 3. The lowest BCUT2D eigenvalue weighted by atomic mass is 9.94. The van der Waals surface area contributed by atoms with E-state index in [1.54, 1.807) is 35.9 Å². The number of hydrogen-bond donors (Lipinski definition) is 1. The molecule has 2 aromatic carbocycles. The highest BCUT2D eigenvalue weighted by Crippen LogP contribution is 2.35. The van der Waals surface area contributed by atoms with E-state index in [0.29, 0.717) is 16.6 Å². The van der Waals surface area contributed by atoms with Crippen molar-refractivity contribution in [2.24, 2.45) is 13.0 Å². The molecule has 1 amide bonds. The summed E-state index contributed by atoms with van der Waals surface area (Å²) in [5.74, 6) is -0.0228. The number of carbonyl (C=O) groups is 2. The molecule has 0 saturated heterocycles. The van der Waals surface area contributed by atoms with E-state index in [-0.39, 0.29) is 46.5 Å². The van der Waals surface area contributed by atoms with Crippen molar-refractivity contribution < 1.29 is 14.3 Å². The number of allylic oxidation sites excluding steroid dienone is 2. The zero-order chi connectivity index (χ0) is 25.4. The number of para-hydroxylation sites is 1. The average molecular weight is 484 g/mol. The summed E-state index contributed by atoms with van der Waals surface area (Å²) in [5.41, 5.74) is 2.56. The fraction of sp³-hybridized carbons (Fsp3) is 0.276. The first-order chi connectivity index (χ1) is 17.4. The van der Waals surface area contributed by atoms with E-state index in [9.17, 15) is 14.4 Å². The minimum atomic E-state index is -0.371. The van der Waals surface area contributed by atoms with Crippen molar-refractivity contribution in [2.45, 2.75) is 32.7 Å². The molecule has 7 nitrogen and oxygen atoms in total. The van der Waals surface area contributed by atoms with Gasteiger partial charge in [-0.25, -0.2) is 0 Å². The molecule has 1 N–H and O–H groups in total. The smallest absolute Gasteiger partial charge is 0.275 e. The summed E-state index contributed by atoms with van der Waals surface area (Å²) in [6, 6.07) is 16.3. The van der Waals surface area contributed by atoms with E-state index in [0.717, 1.165) is 30.3 Å². The average Bonchev–Trinajstić information content (AvgIpc) is 3.20. The predicted molar refractivity (Wildman–Crippen MR) is 141 cm³/mol. The maximum Gasteiger partial charge on any atom is 0.275 e. The zero-order valence-corrected chi connectivity index (χ0v) is 20.7. The van der Waals surface area contributed by atoms with Gasteiger partial charge in [-0.2, -0.15) is 0 Å². The predicted octanol–water partition coefficient (Wildman–Crippen LogP) is 4.82. The fourth-order valence-electron chi connectivity index (χ4n) is 5.20. The number of nitrogens with zero attached hydrogens (tertiary/aromatic N) is 2. The first-order valence-electron chi connectivity index (χ1n) is 12.2. The number of aromatic nitrogens is 2. The highest BCUT2D eigenvalue weighted by Gasteiger charge is 2.28. The summed E-state index contributed by atoms with van der Waals surface area (Å²) in [6.45, 7) is 1.98. The van der Waals surface area contributed by atoms with Crippen LogP contribution in [0.1, 0.15) is 47.0 Å². The quantitative estimate of drug-likeness (QED) is 0.399. The van der Waals surface area contributed by atoms with E-state index in [1.807, 2.05) is 30.3 Å². The Morgan fingerprint density at radius 2 is 1.81 bits per heavy atom. The monoisotopic (exact) mass is 483 g/mol. The topological polar surface area (TPSA) is 82.3 Å². The van der Waals surface area contributed by atoms with Crippen molar-refractivity contribution in [2.75, 3.05) is 7.11 Å². The molecule has 36 heavy (non-hydrogen) atoms. The molecule has 4 aromatic rings. The van der Waals surface area contributed by atoms with Gasteiger partial charge in [0.2, 0.25) is 0 Å². The molecule has 1 atom stereocenters. The van der Waals surface area contributed by atoms with Gasteiger partial charge >= 0.3 is 0 Å². The Labute approximate surface area is 209 Å². The molecule has 7 heteroatoms. The van der Waals surface area contributed by atoms with Crippen molar-refractivity contribution in [3.05, 3.63) is 88.0 Å². The van der Waals surface area contributed by atoms with Crippen LogP contribution in [-0.2, 0) is 13.6 Å². The van der Waals surface area contributed by atoms with Gasteiger partial charge in [0, 0.05) is 23.7 Å². The van der Waals surface area contributed by atoms with Crippen molar-refractivity contribution in [3.8, 4) is 5.75 Å². The number of ketones is 1. The van der Waals surface area contributed by atoms with Gasteiger partial charge in [-0.3, -0.25) is 19.0 Å². The number of carbonyl (C=O) groups excluding carboxylic acids is 2. The highest BCUT2D eigenvalue weighted by molar-refractivity contribution is 6.12. The second-order valence-corrected chi connectivity index (χ2v) is 9.31. The summed E-state index contributed by atoms with van der Waals surface area (Å²) in [7, 11) is 3.23. The summed E-state index contributed by atoms with van der Waals surface area (Å²) in [5, 5.41) is 4.11. The number of benzene rings is 2. The second kappa shape index (κ2) is 9.49. The largest absolute Gasteiger partial charge is 0.493 e. The third-order valence-corrected chi connectivity index (χ3v) is 7.07. The molecule has 0 fully saturated rings. The lowest BCUT2D eigenvalue weighted by Crippen LogP contribution is -2.29. The number of methoxy groups -OCH3 is 1. The molecular formula is C29H29N3O4. The lowest BCUT2D eigenvalue weighted by molar-refractivity contribution is 0.0947. The molecule has 0 saturated carbocycles. The van der Waals surface area contributed by atoms with Crippen LogP contribution in [0.2, 0.25) is 0 Å².